The fourth-order valence-electron chi connectivity index (χ4n) is 2.10. The van der Waals surface area contributed by atoms with Gasteiger partial charge in [-0.25, -0.2) is 4.90 Å². The van der Waals surface area contributed by atoms with Gasteiger partial charge in [-0.3, -0.25) is 28.8 Å². The Hall–Kier alpha value is -3.63. The molecule has 1 aliphatic heterocycles. The number of fused-ring (bicyclic) bond motifs is 1. The number of amides is 4. The Labute approximate surface area is 147 Å². The lowest BCUT2D eigenvalue weighted by atomic mass is 9.99. The molecule has 0 bridgehead atoms. The first-order valence-electron chi connectivity index (χ1n) is 7.31. The zero-order chi connectivity index (χ0) is 20.0. The smallest absolute Gasteiger partial charge is 0.296 e. The third-order valence-corrected chi connectivity index (χ3v) is 3.25. The Morgan fingerprint density at radius 1 is 1.23 bits per heavy atom. The van der Waals surface area contributed by atoms with Gasteiger partial charge in [0, 0.05) is 12.6 Å². The first-order valence-corrected chi connectivity index (χ1v) is 7.31. The number of carbonyl (C=O) groups is 5. The number of nitrogens with zero attached hydrogens (tertiary/aromatic N) is 3. The van der Waals surface area contributed by atoms with Crippen molar-refractivity contribution in [2.75, 3.05) is 13.8 Å². The zero-order valence-electron chi connectivity index (χ0n) is 14.1. The van der Waals surface area contributed by atoms with E-state index in [9.17, 15) is 34.1 Å². The molecular weight excluding hydrogens is 350 g/mol. The van der Waals surface area contributed by atoms with E-state index in [1.165, 1.54) is 7.05 Å². The summed E-state index contributed by atoms with van der Waals surface area (Å²) in [5.41, 5.74) is -0.868. The molecule has 1 aromatic rings. The van der Waals surface area contributed by atoms with Gasteiger partial charge >= 0.3 is 0 Å². The van der Waals surface area contributed by atoms with Crippen molar-refractivity contribution in [2.45, 2.75) is 13.8 Å². The Kier molecular flexibility index (Phi) is 6.64. The van der Waals surface area contributed by atoms with Crippen molar-refractivity contribution in [2.24, 2.45) is 0 Å². The number of rotatable bonds is 6. The Bertz CT molecular complexity index is 789. The molecule has 2 rings (SSSR count). The van der Waals surface area contributed by atoms with Crippen LogP contribution in [-0.2, 0) is 9.63 Å². The van der Waals surface area contributed by atoms with Crippen LogP contribution in [0.4, 0.5) is 0 Å². The molecule has 0 radical (unpaired) electrons. The van der Waals surface area contributed by atoms with Crippen LogP contribution in [0.25, 0.3) is 0 Å². The number of hydrogen-bond acceptors (Lipinski definition) is 8. The first kappa shape index (κ1) is 20.4. The van der Waals surface area contributed by atoms with Crippen molar-refractivity contribution >= 4 is 30.4 Å². The molecule has 0 unspecified atom stereocenters. The highest BCUT2D eigenvalue weighted by Crippen LogP contribution is 2.25. The molecule has 0 aromatic heterocycles. The molecule has 26 heavy (non-hydrogen) atoms. The molecular formula is C15H15N3O8. The third kappa shape index (κ3) is 3.71. The molecule has 0 saturated carbocycles. The van der Waals surface area contributed by atoms with Gasteiger partial charge in [-0.15, -0.1) is 10.1 Å². The van der Waals surface area contributed by atoms with Crippen molar-refractivity contribution in [1.82, 2.24) is 9.80 Å². The predicted octanol–water partition coefficient (Wildman–Crippen LogP) is 0.516. The quantitative estimate of drug-likeness (QED) is 0.233. The van der Waals surface area contributed by atoms with E-state index in [1.807, 2.05) is 13.8 Å². The fourth-order valence-corrected chi connectivity index (χ4v) is 2.10. The van der Waals surface area contributed by atoms with E-state index in [4.69, 9.17) is 0 Å². The average molecular weight is 365 g/mol. The molecule has 1 aliphatic rings. The van der Waals surface area contributed by atoms with Crippen LogP contribution in [0.3, 0.4) is 0 Å². The normalized spacial score (nSPS) is 11.9. The summed E-state index contributed by atoms with van der Waals surface area (Å²) >= 11 is 0. The largest absolute Gasteiger partial charge is 0.318 e. The van der Waals surface area contributed by atoms with Gasteiger partial charge in [0.05, 0.1) is 16.7 Å². The summed E-state index contributed by atoms with van der Waals surface area (Å²) in [5, 5.41) is 9.06. The molecule has 1 heterocycles. The summed E-state index contributed by atoms with van der Waals surface area (Å²) in [6.07, 6.45) is 0.320. The van der Waals surface area contributed by atoms with E-state index in [2.05, 4.69) is 4.84 Å². The second-order valence-electron chi connectivity index (χ2n) is 4.67. The van der Waals surface area contributed by atoms with E-state index in [-0.39, 0.29) is 35.0 Å². The zero-order valence-corrected chi connectivity index (χ0v) is 14.1. The molecule has 0 fully saturated rings. The number of benzene rings is 1. The molecule has 4 amide bonds. The fraction of sp³-hybridized carbons (Fsp3) is 0.267. The van der Waals surface area contributed by atoms with E-state index in [1.54, 1.807) is 0 Å². The Morgan fingerprint density at radius 3 is 2.23 bits per heavy atom. The summed E-state index contributed by atoms with van der Waals surface area (Å²) in [5.74, 6) is -2.68. The minimum absolute atomic E-state index is 0.0315. The molecule has 0 aliphatic carbocycles. The van der Waals surface area contributed by atoms with Gasteiger partial charge < -0.3 is 4.90 Å². The van der Waals surface area contributed by atoms with Crippen LogP contribution in [0, 0.1) is 10.1 Å². The summed E-state index contributed by atoms with van der Waals surface area (Å²) in [7, 11) is 1.18. The maximum Gasteiger partial charge on any atom is 0.296 e. The molecule has 11 nitrogen and oxygen atoms in total. The van der Waals surface area contributed by atoms with Crippen molar-refractivity contribution < 1.29 is 33.9 Å². The van der Waals surface area contributed by atoms with Crippen LogP contribution in [0.1, 0.15) is 55.3 Å². The number of imide groups is 3. The summed E-state index contributed by atoms with van der Waals surface area (Å²) in [4.78, 5) is 73.3. The summed E-state index contributed by atoms with van der Waals surface area (Å²) in [6, 6.07) is 2.01. The second-order valence-corrected chi connectivity index (χ2v) is 4.67. The highest BCUT2D eigenvalue weighted by Gasteiger charge is 2.37. The molecule has 11 heteroatoms. The molecule has 0 atom stereocenters. The van der Waals surface area contributed by atoms with Gasteiger partial charge in [-0.05, 0) is 12.1 Å². The van der Waals surface area contributed by atoms with Crippen LogP contribution >= 0.6 is 0 Å². The molecule has 1 aromatic carbocycles. The van der Waals surface area contributed by atoms with Crippen LogP contribution in [0.15, 0.2) is 12.1 Å². The van der Waals surface area contributed by atoms with E-state index < -0.39 is 29.5 Å². The maximum absolute atomic E-state index is 12.3. The third-order valence-electron chi connectivity index (χ3n) is 3.25. The van der Waals surface area contributed by atoms with Gasteiger partial charge in [-0.2, -0.15) is 0 Å². The first-order chi connectivity index (χ1) is 12.3. The Morgan fingerprint density at radius 2 is 1.77 bits per heavy atom. The predicted molar refractivity (Wildman–Crippen MR) is 84.8 cm³/mol. The maximum atomic E-state index is 12.3. The number of carbonyl (C=O) groups excluding carboxylic acids is 5. The van der Waals surface area contributed by atoms with Gasteiger partial charge in [0.1, 0.15) is 0 Å². The minimum Gasteiger partial charge on any atom is -0.318 e. The van der Waals surface area contributed by atoms with Gasteiger partial charge in [0.15, 0.2) is 13.0 Å². The molecule has 0 saturated heterocycles. The van der Waals surface area contributed by atoms with E-state index in [0.717, 1.165) is 17.0 Å². The van der Waals surface area contributed by atoms with Gasteiger partial charge in [-0.1, -0.05) is 13.8 Å². The standard InChI is InChI=1S/C13H9N3O8.C2H6/c1-14(6-24-16(22)23)11(19)8-3-10-9(2-7(8)4-17)12(20)15(5-18)13(10)21;1-2/h2-5H,6H2,1H3;1-2H3. The highest BCUT2D eigenvalue weighted by atomic mass is 17.0. The van der Waals surface area contributed by atoms with Crippen LogP contribution in [-0.4, -0.2) is 59.1 Å². The lowest BCUT2D eigenvalue weighted by Crippen LogP contribution is -2.31. The Balaban J connectivity index is 0.00000163. The molecule has 138 valence electrons. The van der Waals surface area contributed by atoms with Crippen molar-refractivity contribution in [3.63, 3.8) is 0 Å². The van der Waals surface area contributed by atoms with E-state index in [0.29, 0.717) is 4.90 Å². The highest BCUT2D eigenvalue weighted by molar-refractivity contribution is 6.27. The van der Waals surface area contributed by atoms with Crippen molar-refractivity contribution in [3.8, 4) is 0 Å². The second kappa shape index (κ2) is 8.46. The average Bonchev–Trinajstić information content (AvgIpc) is 2.89. The number of aldehydes is 1. The van der Waals surface area contributed by atoms with Crippen LogP contribution in [0.5, 0.6) is 0 Å². The minimum atomic E-state index is -1.10. The topological polar surface area (TPSA) is 144 Å². The SMILES string of the molecule is CC.CN(CO[N+](=O)[O-])C(=O)c1cc2c(cc1C=O)C(=O)N(C=O)C2=O. The van der Waals surface area contributed by atoms with Crippen molar-refractivity contribution in [1.29, 1.82) is 0 Å². The number of hydrogen-bond donors (Lipinski definition) is 0. The molecule has 0 spiro atoms. The van der Waals surface area contributed by atoms with E-state index >= 15 is 0 Å². The monoisotopic (exact) mass is 365 g/mol. The molecule has 0 N–H and O–H groups in total. The summed E-state index contributed by atoms with van der Waals surface area (Å²) in [6.45, 7) is 3.30. The van der Waals surface area contributed by atoms with Crippen LogP contribution in [0.2, 0.25) is 0 Å². The lowest BCUT2D eigenvalue weighted by molar-refractivity contribution is -0.761. The van der Waals surface area contributed by atoms with Gasteiger partial charge in [0.25, 0.3) is 22.8 Å². The van der Waals surface area contributed by atoms with Gasteiger partial charge in [0.2, 0.25) is 6.41 Å². The van der Waals surface area contributed by atoms with Crippen LogP contribution < -0.4 is 0 Å². The lowest BCUT2D eigenvalue weighted by Gasteiger charge is -2.16. The van der Waals surface area contributed by atoms with Crippen molar-refractivity contribution in [3.05, 3.63) is 44.5 Å². The summed E-state index contributed by atoms with van der Waals surface area (Å²) < 4.78 is 0.